The quantitative estimate of drug-likeness (QED) is 0.619. The summed E-state index contributed by atoms with van der Waals surface area (Å²) < 4.78 is 0. The first kappa shape index (κ1) is 14.7. The lowest BCUT2D eigenvalue weighted by molar-refractivity contribution is -0.141. The van der Waals surface area contributed by atoms with Crippen LogP contribution in [0.5, 0.6) is 0 Å². The molecule has 0 bridgehead atoms. The zero-order valence-corrected chi connectivity index (χ0v) is 10.2. The lowest BCUT2D eigenvalue weighted by Gasteiger charge is -2.12. The van der Waals surface area contributed by atoms with Gasteiger partial charge in [0.1, 0.15) is 0 Å². The summed E-state index contributed by atoms with van der Waals surface area (Å²) in [6, 6.07) is -0.224. The molecule has 0 heterocycles. The molecule has 2 unspecified atom stereocenters. The van der Waals surface area contributed by atoms with E-state index >= 15 is 0 Å². The van der Waals surface area contributed by atoms with E-state index in [1.165, 1.54) is 0 Å². The van der Waals surface area contributed by atoms with Crippen LogP contribution in [0.15, 0.2) is 0 Å². The maximum absolute atomic E-state index is 11.2. The predicted molar refractivity (Wildman–Crippen MR) is 62.3 cm³/mol. The van der Waals surface area contributed by atoms with Crippen LogP contribution in [0.4, 0.5) is 4.79 Å². The number of rotatable bonds is 7. The van der Waals surface area contributed by atoms with E-state index in [0.29, 0.717) is 25.4 Å². The number of nitrogens with one attached hydrogen (secondary N) is 2. The van der Waals surface area contributed by atoms with Crippen LogP contribution in [-0.4, -0.2) is 30.2 Å². The summed E-state index contributed by atoms with van der Waals surface area (Å²) in [6.07, 6.45) is 1.47. The smallest absolute Gasteiger partial charge is 0.314 e. The minimum absolute atomic E-state index is 0.224. The number of urea groups is 1. The molecule has 0 saturated heterocycles. The van der Waals surface area contributed by atoms with Gasteiger partial charge in [0.2, 0.25) is 0 Å². The molecule has 3 N–H and O–H groups in total. The minimum atomic E-state index is -0.832. The topological polar surface area (TPSA) is 78.4 Å². The summed E-state index contributed by atoms with van der Waals surface area (Å²) in [5.74, 6) is -0.791. The molecular formula is C11H22N2O3. The SMILES string of the molecule is CCC(C)CNC(=O)NCCC(C)C(=O)O. The molecule has 16 heavy (non-hydrogen) atoms. The van der Waals surface area contributed by atoms with Gasteiger partial charge in [0.25, 0.3) is 0 Å². The van der Waals surface area contributed by atoms with Gasteiger partial charge in [0.15, 0.2) is 0 Å². The summed E-state index contributed by atoms with van der Waals surface area (Å²) in [5.41, 5.74) is 0. The molecule has 5 heteroatoms. The van der Waals surface area contributed by atoms with Crippen molar-refractivity contribution in [3.8, 4) is 0 Å². The second kappa shape index (κ2) is 7.96. The van der Waals surface area contributed by atoms with Crippen molar-refractivity contribution in [1.82, 2.24) is 10.6 Å². The second-order valence-corrected chi connectivity index (χ2v) is 4.18. The monoisotopic (exact) mass is 230 g/mol. The van der Waals surface area contributed by atoms with E-state index < -0.39 is 11.9 Å². The molecule has 0 aromatic heterocycles. The van der Waals surface area contributed by atoms with Gasteiger partial charge >= 0.3 is 12.0 Å². The summed E-state index contributed by atoms with van der Waals surface area (Å²) in [4.78, 5) is 21.7. The predicted octanol–water partition coefficient (Wildman–Crippen LogP) is 1.44. The number of hydrogen-bond donors (Lipinski definition) is 3. The third-order valence-electron chi connectivity index (χ3n) is 2.59. The number of carboxylic acid groups (broad SMARTS) is 1. The largest absolute Gasteiger partial charge is 0.481 e. The van der Waals surface area contributed by atoms with Crippen molar-refractivity contribution >= 4 is 12.0 Å². The fourth-order valence-electron chi connectivity index (χ4n) is 0.999. The van der Waals surface area contributed by atoms with Crippen LogP contribution in [0.1, 0.15) is 33.6 Å². The van der Waals surface area contributed by atoms with Gasteiger partial charge in [0, 0.05) is 13.1 Å². The number of carboxylic acids is 1. The highest BCUT2D eigenvalue weighted by Gasteiger charge is 2.10. The molecule has 0 fully saturated rings. The molecule has 0 rings (SSSR count). The van der Waals surface area contributed by atoms with Gasteiger partial charge in [0.05, 0.1) is 5.92 Å². The zero-order valence-electron chi connectivity index (χ0n) is 10.2. The average molecular weight is 230 g/mol. The first-order valence-electron chi connectivity index (χ1n) is 5.71. The van der Waals surface area contributed by atoms with Crippen molar-refractivity contribution in [2.45, 2.75) is 33.6 Å². The Bertz CT molecular complexity index is 231. The Morgan fingerprint density at radius 3 is 2.38 bits per heavy atom. The molecule has 0 aliphatic rings. The molecule has 0 radical (unpaired) electrons. The minimum Gasteiger partial charge on any atom is -0.481 e. The Labute approximate surface area is 96.6 Å². The summed E-state index contributed by atoms with van der Waals surface area (Å²) in [7, 11) is 0. The van der Waals surface area contributed by atoms with E-state index in [2.05, 4.69) is 24.5 Å². The van der Waals surface area contributed by atoms with Crippen molar-refractivity contribution < 1.29 is 14.7 Å². The molecule has 0 aliphatic carbocycles. The van der Waals surface area contributed by atoms with Crippen molar-refractivity contribution in [2.75, 3.05) is 13.1 Å². The highest BCUT2D eigenvalue weighted by Crippen LogP contribution is 1.99. The number of carbonyl (C=O) groups excluding carboxylic acids is 1. The van der Waals surface area contributed by atoms with Gasteiger partial charge in [-0.1, -0.05) is 27.2 Å². The molecule has 2 amide bonds. The highest BCUT2D eigenvalue weighted by atomic mass is 16.4. The van der Waals surface area contributed by atoms with Crippen LogP contribution in [0.2, 0.25) is 0 Å². The van der Waals surface area contributed by atoms with Crippen LogP contribution in [0.3, 0.4) is 0 Å². The zero-order chi connectivity index (χ0) is 12.6. The Balaban J connectivity index is 3.55. The van der Waals surface area contributed by atoms with E-state index in [1.807, 2.05) is 0 Å². The molecule has 0 aromatic rings. The van der Waals surface area contributed by atoms with Crippen LogP contribution < -0.4 is 10.6 Å². The Kier molecular flexibility index (Phi) is 7.33. The van der Waals surface area contributed by atoms with E-state index in [1.54, 1.807) is 6.92 Å². The first-order valence-corrected chi connectivity index (χ1v) is 5.71. The summed E-state index contributed by atoms with van der Waals surface area (Å²) in [5, 5.41) is 14.0. The van der Waals surface area contributed by atoms with Gasteiger partial charge in [-0.2, -0.15) is 0 Å². The molecule has 0 aliphatic heterocycles. The van der Waals surface area contributed by atoms with Crippen LogP contribution >= 0.6 is 0 Å². The normalized spacial score (nSPS) is 13.9. The van der Waals surface area contributed by atoms with E-state index in [9.17, 15) is 9.59 Å². The molecule has 0 aromatic carbocycles. The molecule has 2 atom stereocenters. The number of aliphatic carboxylic acids is 1. The van der Waals surface area contributed by atoms with Crippen LogP contribution in [0, 0.1) is 11.8 Å². The van der Waals surface area contributed by atoms with Crippen molar-refractivity contribution in [2.24, 2.45) is 11.8 Å². The molecule has 0 saturated carbocycles. The van der Waals surface area contributed by atoms with E-state index in [4.69, 9.17) is 5.11 Å². The van der Waals surface area contributed by atoms with Crippen molar-refractivity contribution in [3.63, 3.8) is 0 Å². The van der Waals surface area contributed by atoms with Crippen molar-refractivity contribution in [1.29, 1.82) is 0 Å². The van der Waals surface area contributed by atoms with Crippen molar-refractivity contribution in [3.05, 3.63) is 0 Å². The number of amides is 2. The second-order valence-electron chi connectivity index (χ2n) is 4.18. The van der Waals surface area contributed by atoms with Crippen LogP contribution in [-0.2, 0) is 4.79 Å². The van der Waals surface area contributed by atoms with Gasteiger partial charge in [-0.25, -0.2) is 4.79 Å². The lowest BCUT2D eigenvalue weighted by atomic mass is 10.1. The third-order valence-corrected chi connectivity index (χ3v) is 2.59. The van der Waals surface area contributed by atoms with Crippen LogP contribution in [0.25, 0.3) is 0 Å². The Hall–Kier alpha value is -1.26. The molecular weight excluding hydrogens is 208 g/mol. The molecule has 94 valence electrons. The Morgan fingerprint density at radius 2 is 1.88 bits per heavy atom. The fraction of sp³-hybridized carbons (Fsp3) is 0.818. The molecule has 0 spiro atoms. The highest BCUT2D eigenvalue weighted by molar-refractivity contribution is 5.74. The number of hydrogen-bond acceptors (Lipinski definition) is 2. The Morgan fingerprint density at radius 1 is 1.25 bits per heavy atom. The maximum Gasteiger partial charge on any atom is 0.314 e. The number of carbonyl (C=O) groups is 2. The van der Waals surface area contributed by atoms with Gasteiger partial charge < -0.3 is 15.7 Å². The van der Waals surface area contributed by atoms with Gasteiger partial charge in [-0.3, -0.25) is 4.79 Å². The van der Waals surface area contributed by atoms with Gasteiger partial charge in [-0.05, 0) is 12.3 Å². The maximum atomic E-state index is 11.2. The summed E-state index contributed by atoms with van der Waals surface area (Å²) >= 11 is 0. The third kappa shape index (κ3) is 7.09. The summed E-state index contributed by atoms with van der Waals surface area (Å²) in [6.45, 7) is 6.79. The standard InChI is InChI=1S/C11H22N2O3/c1-4-8(2)7-13-11(16)12-6-5-9(3)10(14)15/h8-9H,4-7H2,1-3H3,(H,14,15)(H2,12,13,16). The van der Waals surface area contributed by atoms with Gasteiger partial charge in [-0.15, -0.1) is 0 Å². The fourth-order valence-corrected chi connectivity index (χ4v) is 0.999. The first-order chi connectivity index (χ1) is 7.47. The molecule has 5 nitrogen and oxygen atoms in total. The van der Waals surface area contributed by atoms with E-state index in [-0.39, 0.29) is 6.03 Å². The van der Waals surface area contributed by atoms with E-state index in [0.717, 1.165) is 6.42 Å². The average Bonchev–Trinajstić information content (AvgIpc) is 2.25. The lowest BCUT2D eigenvalue weighted by Crippen LogP contribution is -2.38.